The third-order valence-corrected chi connectivity index (χ3v) is 5.60. The highest BCUT2D eigenvalue weighted by Gasteiger charge is 2.46. The minimum atomic E-state index is -0.707. The van der Waals surface area contributed by atoms with Crippen molar-refractivity contribution in [3.8, 4) is 34.5 Å². The maximum Gasteiger partial charge on any atom is 0.135 e. The molecule has 0 unspecified atom stereocenters. The van der Waals surface area contributed by atoms with Gasteiger partial charge in [0.15, 0.2) is 0 Å². The van der Waals surface area contributed by atoms with Crippen molar-refractivity contribution in [3.63, 3.8) is 0 Å². The molecule has 3 aromatic carbocycles. The molecule has 6 nitrogen and oxygen atoms in total. The van der Waals surface area contributed by atoms with Crippen molar-refractivity contribution in [3.05, 3.63) is 71.3 Å². The molecule has 3 aromatic rings. The molecule has 0 saturated heterocycles. The van der Waals surface area contributed by atoms with Crippen molar-refractivity contribution < 1.29 is 30.3 Å². The van der Waals surface area contributed by atoms with Crippen molar-refractivity contribution in [1.82, 2.24) is 0 Å². The zero-order valence-electron chi connectivity index (χ0n) is 16.0. The van der Waals surface area contributed by atoms with Crippen LogP contribution in [0.1, 0.15) is 42.6 Å². The number of fused-ring (bicyclic) bond motifs is 1. The van der Waals surface area contributed by atoms with E-state index in [-0.39, 0.29) is 28.7 Å². The van der Waals surface area contributed by atoms with Crippen LogP contribution in [-0.4, -0.2) is 25.5 Å². The first kappa shape index (κ1) is 18.8. The molecular formula is C23H22O6. The van der Waals surface area contributed by atoms with Gasteiger partial charge in [-0.05, 0) is 35.9 Å². The topological polar surface area (TPSA) is 110 Å². The van der Waals surface area contributed by atoms with Gasteiger partial charge in [-0.3, -0.25) is 0 Å². The third-order valence-electron chi connectivity index (χ3n) is 5.60. The van der Waals surface area contributed by atoms with Gasteiger partial charge in [0.25, 0.3) is 0 Å². The molecule has 0 spiro atoms. The quantitative estimate of drug-likeness (QED) is 0.440. The van der Waals surface area contributed by atoms with E-state index in [2.05, 4.69) is 0 Å². The lowest BCUT2D eigenvalue weighted by Crippen LogP contribution is -2.38. The summed E-state index contributed by atoms with van der Waals surface area (Å²) in [5.74, 6) is -0.251. The van der Waals surface area contributed by atoms with Crippen LogP contribution in [-0.2, 0) is 5.41 Å². The van der Waals surface area contributed by atoms with Crippen LogP contribution in [0.2, 0.25) is 0 Å². The van der Waals surface area contributed by atoms with Gasteiger partial charge >= 0.3 is 0 Å². The highest BCUT2D eigenvalue weighted by Crippen LogP contribution is 2.56. The first-order chi connectivity index (χ1) is 13.7. The number of ether oxygens (including phenoxy) is 1. The summed E-state index contributed by atoms with van der Waals surface area (Å²) < 4.78 is 6.24. The lowest BCUT2D eigenvalue weighted by Gasteiger charge is -2.45. The molecule has 5 N–H and O–H groups in total. The number of phenols is 5. The number of phenolic OH excluding ortho intramolecular Hbond substituents is 5. The van der Waals surface area contributed by atoms with E-state index in [1.807, 2.05) is 13.8 Å². The van der Waals surface area contributed by atoms with Crippen LogP contribution in [0.15, 0.2) is 54.6 Å². The zero-order valence-corrected chi connectivity index (χ0v) is 16.0. The second-order valence-electron chi connectivity index (χ2n) is 7.94. The van der Waals surface area contributed by atoms with Crippen molar-refractivity contribution in [2.24, 2.45) is 0 Å². The van der Waals surface area contributed by atoms with E-state index in [9.17, 15) is 25.5 Å². The summed E-state index contributed by atoms with van der Waals surface area (Å²) in [7, 11) is 0. The first-order valence-corrected chi connectivity index (χ1v) is 9.22. The fourth-order valence-electron chi connectivity index (χ4n) is 4.30. The zero-order chi connectivity index (χ0) is 20.9. The number of hydrogen-bond acceptors (Lipinski definition) is 6. The number of benzene rings is 3. The van der Waals surface area contributed by atoms with E-state index >= 15 is 0 Å². The predicted octanol–water partition coefficient (Wildman–Crippen LogP) is 4.41. The summed E-state index contributed by atoms with van der Waals surface area (Å²) in [6, 6.07) is 13.5. The van der Waals surface area contributed by atoms with Crippen molar-refractivity contribution in [1.29, 1.82) is 0 Å². The Morgan fingerprint density at radius 2 is 1.34 bits per heavy atom. The van der Waals surface area contributed by atoms with Gasteiger partial charge in [-0.2, -0.15) is 0 Å². The Hall–Kier alpha value is -3.54. The standard InChI is InChI=1S/C23H22O6/c1-23(2)18-6-4-14(25)11-20(18)29-22(17-5-3-13(24)10-19(17)28)21(23)12-7-15(26)9-16(27)8-12/h3-11,21-22,24-28H,1-2H3/t21-,22-/m1/s1. The minimum absolute atomic E-state index is 0.0571. The molecule has 2 atom stereocenters. The van der Waals surface area contributed by atoms with Crippen LogP contribution in [0.4, 0.5) is 0 Å². The summed E-state index contributed by atoms with van der Waals surface area (Å²) in [5, 5.41) is 50.2. The van der Waals surface area contributed by atoms with Crippen LogP contribution in [0, 0.1) is 0 Å². The molecule has 0 aromatic heterocycles. The van der Waals surface area contributed by atoms with E-state index in [4.69, 9.17) is 4.74 Å². The molecule has 1 aliphatic rings. The second-order valence-corrected chi connectivity index (χ2v) is 7.94. The van der Waals surface area contributed by atoms with E-state index in [1.165, 1.54) is 24.3 Å². The summed E-state index contributed by atoms with van der Waals surface area (Å²) in [5.41, 5.74) is 1.36. The monoisotopic (exact) mass is 394 g/mol. The number of aromatic hydroxyl groups is 5. The lowest BCUT2D eigenvalue weighted by atomic mass is 9.65. The van der Waals surface area contributed by atoms with Gasteiger partial charge in [0, 0.05) is 40.7 Å². The molecule has 1 aliphatic heterocycles. The Bertz CT molecular complexity index is 1070. The van der Waals surface area contributed by atoms with Crippen molar-refractivity contribution in [2.45, 2.75) is 31.3 Å². The first-order valence-electron chi connectivity index (χ1n) is 9.22. The molecule has 0 radical (unpaired) electrons. The average Bonchev–Trinajstić information content (AvgIpc) is 2.59. The number of hydrogen-bond donors (Lipinski definition) is 5. The molecule has 4 rings (SSSR count). The highest BCUT2D eigenvalue weighted by atomic mass is 16.5. The van der Waals surface area contributed by atoms with Crippen LogP contribution in [0.3, 0.4) is 0 Å². The molecular weight excluding hydrogens is 372 g/mol. The summed E-state index contributed by atoms with van der Waals surface area (Å²) in [6.07, 6.45) is -0.707. The molecule has 150 valence electrons. The molecule has 0 bridgehead atoms. The fraction of sp³-hybridized carbons (Fsp3) is 0.217. The lowest BCUT2D eigenvalue weighted by molar-refractivity contribution is 0.102. The molecule has 0 saturated carbocycles. The Kier molecular flexibility index (Phi) is 4.22. The fourth-order valence-corrected chi connectivity index (χ4v) is 4.30. The van der Waals surface area contributed by atoms with E-state index < -0.39 is 17.4 Å². The van der Waals surface area contributed by atoms with Gasteiger partial charge in [0.1, 0.15) is 40.6 Å². The smallest absolute Gasteiger partial charge is 0.135 e. The van der Waals surface area contributed by atoms with Gasteiger partial charge < -0.3 is 30.3 Å². The normalized spacial score (nSPS) is 19.9. The Morgan fingerprint density at radius 1 is 0.724 bits per heavy atom. The van der Waals surface area contributed by atoms with Crippen molar-refractivity contribution >= 4 is 0 Å². The SMILES string of the molecule is CC1(C)c2ccc(O)cc2O[C@H](c2ccc(O)cc2O)[C@H]1c1cc(O)cc(O)c1. The molecule has 0 fully saturated rings. The molecule has 0 aliphatic carbocycles. The van der Waals surface area contributed by atoms with Gasteiger partial charge in [-0.1, -0.05) is 19.9 Å². The van der Waals surface area contributed by atoms with Crippen LogP contribution in [0.25, 0.3) is 0 Å². The summed E-state index contributed by atoms with van der Waals surface area (Å²) in [6.45, 7) is 4.00. The summed E-state index contributed by atoms with van der Waals surface area (Å²) in [4.78, 5) is 0. The van der Waals surface area contributed by atoms with E-state index in [0.29, 0.717) is 16.9 Å². The molecule has 6 heteroatoms. The molecule has 0 amide bonds. The Balaban J connectivity index is 1.97. The molecule has 1 heterocycles. The van der Waals surface area contributed by atoms with Gasteiger partial charge in [0.2, 0.25) is 0 Å². The number of rotatable bonds is 2. The highest BCUT2D eigenvalue weighted by molar-refractivity contribution is 5.53. The van der Waals surface area contributed by atoms with Gasteiger partial charge in [0.05, 0.1) is 0 Å². The largest absolute Gasteiger partial charge is 0.508 e. The maximum absolute atomic E-state index is 10.5. The Labute approximate surface area is 167 Å². The summed E-state index contributed by atoms with van der Waals surface area (Å²) >= 11 is 0. The van der Waals surface area contributed by atoms with Crippen molar-refractivity contribution in [2.75, 3.05) is 0 Å². The molecule has 29 heavy (non-hydrogen) atoms. The minimum Gasteiger partial charge on any atom is -0.508 e. The second kappa shape index (κ2) is 6.51. The van der Waals surface area contributed by atoms with Gasteiger partial charge in [-0.15, -0.1) is 0 Å². The predicted molar refractivity (Wildman–Crippen MR) is 107 cm³/mol. The van der Waals surface area contributed by atoms with Crippen LogP contribution in [0.5, 0.6) is 34.5 Å². The maximum atomic E-state index is 10.5. The van der Waals surface area contributed by atoms with Crippen LogP contribution >= 0.6 is 0 Å². The Morgan fingerprint density at radius 3 is 2.00 bits per heavy atom. The van der Waals surface area contributed by atoms with Gasteiger partial charge in [-0.25, -0.2) is 0 Å². The van der Waals surface area contributed by atoms with Crippen LogP contribution < -0.4 is 4.74 Å². The average molecular weight is 394 g/mol. The van der Waals surface area contributed by atoms with E-state index in [1.54, 1.807) is 30.3 Å². The van der Waals surface area contributed by atoms with E-state index in [0.717, 1.165) is 5.56 Å². The third kappa shape index (κ3) is 3.16.